The Morgan fingerprint density at radius 3 is 2.70 bits per heavy atom. The molecule has 1 aliphatic rings. The molecular formula is C17H27N5O5. The van der Waals surface area contributed by atoms with Crippen LogP contribution in [0.15, 0.2) is 17.2 Å². The molecule has 3 amide bonds. The van der Waals surface area contributed by atoms with Gasteiger partial charge >= 0.3 is 6.03 Å². The lowest BCUT2D eigenvalue weighted by molar-refractivity contribution is -0.136. The number of carboxylic acid groups (broad SMARTS) is 1. The van der Waals surface area contributed by atoms with E-state index in [-0.39, 0.29) is 36.4 Å². The number of piperidine rings is 1. The molecule has 1 fully saturated rings. The van der Waals surface area contributed by atoms with E-state index in [0.717, 1.165) is 12.8 Å². The second-order valence-electron chi connectivity index (χ2n) is 5.96. The summed E-state index contributed by atoms with van der Waals surface area (Å²) in [5, 5.41) is 9.65. The van der Waals surface area contributed by atoms with Gasteiger partial charge in [-0.1, -0.05) is 0 Å². The highest BCUT2D eigenvalue weighted by Crippen LogP contribution is 2.19. The van der Waals surface area contributed by atoms with Crippen molar-refractivity contribution in [3.8, 4) is 0 Å². The molecule has 0 aromatic carbocycles. The average molecular weight is 381 g/mol. The van der Waals surface area contributed by atoms with Gasteiger partial charge in [0.2, 0.25) is 5.91 Å². The Hall–Kier alpha value is -2.91. The highest BCUT2D eigenvalue weighted by atomic mass is 16.3. The minimum Gasteiger partial charge on any atom is -0.483 e. The van der Waals surface area contributed by atoms with Crippen molar-refractivity contribution >= 4 is 18.4 Å². The summed E-state index contributed by atoms with van der Waals surface area (Å²) in [6.45, 7) is 6.31. The molecule has 1 unspecified atom stereocenters. The third kappa shape index (κ3) is 7.08. The largest absolute Gasteiger partial charge is 0.483 e. The molecule has 0 spiro atoms. The molecular weight excluding hydrogens is 354 g/mol. The first-order valence-electron chi connectivity index (χ1n) is 8.89. The zero-order valence-electron chi connectivity index (χ0n) is 15.7. The number of carbonyl (C=O) groups is 3. The molecule has 2 rings (SSSR count). The third-order valence-electron chi connectivity index (χ3n) is 4.29. The molecule has 1 saturated heterocycles. The van der Waals surface area contributed by atoms with Crippen molar-refractivity contribution in [3.05, 3.63) is 28.4 Å². The van der Waals surface area contributed by atoms with Gasteiger partial charge in [-0.05, 0) is 26.7 Å². The van der Waals surface area contributed by atoms with E-state index < -0.39 is 0 Å². The molecule has 150 valence electrons. The van der Waals surface area contributed by atoms with Gasteiger partial charge in [0, 0.05) is 32.2 Å². The number of urea groups is 1. The standard InChI is InChI=1S/C16H25N5O3.CH2O2/c1-3-20(4-2)15(23)12-6-5-7-21(10-12)16(24)17-9-13-8-14(22)19-11-18-13;2-1-3/h8,11-12H,3-7,9-10H2,1-2H3,(H,17,24)(H,18,19,22);1H,(H,2,3). The predicted molar refractivity (Wildman–Crippen MR) is 98.0 cm³/mol. The first kappa shape index (κ1) is 22.1. The van der Waals surface area contributed by atoms with Gasteiger partial charge in [0.1, 0.15) is 0 Å². The summed E-state index contributed by atoms with van der Waals surface area (Å²) in [7, 11) is 0. The van der Waals surface area contributed by atoms with Crippen molar-refractivity contribution in [2.45, 2.75) is 33.2 Å². The van der Waals surface area contributed by atoms with Crippen LogP contribution in [0.4, 0.5) is 4.79 Å². The number of hydrogen-bond acceptors (Lipinski definition) is 5. The van der Waals surface area contributed by atoms with Crippen LogP contribution < -0.4 is 10.9 Å². The van der Waals surface area contributed by atoms with E-state index in [9.17, 15) is 14.4 Å². The molecule has 1 aliphatic heterocycles. The van der Waals surface area contributed by atoms with Crippen molar-refractivity contribution in [2.24, 2.45) is 5.92 Å². The molecule has 0 aliphatic carbocycles. The summed E-state index contributed by atoms with van der Waals surface area (Å²) < 4.78 is 0. The van der Waals surface area contributed by atoms with Crippen LogP contribution in [0.2, 0.25) is 0 Å². The molecule has 27 heavy (non-hydrogen) atoms. The fraction of sp³-hybridized carbons (Fsp3) is 0.588. The molecule has 1 aromatic heterocycles. The molecule has 2 heterocycles. The summed E-state index contributed by atoms with van der Waals surface area (Å²) in [5.74, 6) is -0.0177. The van der Waals surface area contributed by atoms with Gasteiger partial charge in [0.15, 0.2) is 0 Å². The summed E-state index contributed by atoms with van der Waals surface area (Å²) in [6, 6.07) is 1.12. The van der Waals surface area contributed by atoms with E-state index in [2.05, 4.69) is 15.3 Å². The Kier molecular flexibility index (Phi) is 9.55. The Balaban J connectivity index is 0.00000114. The number of amides is 3. The number of likely N-dealkylation sites (tertiary alicyclic amines) is 1. The number of carbonyl (C=O) groups excluding carboxylic acids is 2. The molecule has 3 N–H and O–H groups in total. The van der Waals surface area contributed by atoms with Crippen LogP contribution in [0, 0.1) is 5.92 Å². The summed E-state index contributed by atoms with van der Waals surface area (Å²) in [5.41, 5.74) is 0.247. The van der Waals surface area contributed by atoms with Gasteiger partial charge in [0.05, 0.1) is 24.5 Å². The van der Waals surface area contributed by atoms with Crippen LogP contribution in [0.5, 0.6) is 0 Å². The summed E-state index contributed by atoms with van der Waals surface area (Å²) in [4.78, 5) is 54.3. The maximum absolute atomic E-state index is 12.5. The van der Waals surface area contributed by atoms with Crippen molar-refractivity contribution in [1.82, 2.24) is 25.1 Å². The predicted octanol–water partition coefficient (Wildman–Crippen LogP) is 0.261. The van der Waals surface area contributed by atoms with Crippen LogP contribution in [0.1, 0.15) is 32.4 Å². The minimum absolute atomic E-state index is 0.119. The van der Waals surface area contributed by atoms with E-state index in [0.29, 0.717) is 31.9 Å². The fourth-order valence-corrected chi connectivity index (χ4v) is 2.94. The normalized spacial score (nSPS) is 15.9. The van der Waals surface area contributed by atoms with Gasteiger partial charge in [-0.15, -0.1) is 0 Å². The first-order valence-corrected chi connectivity index (χ1v) is 8.89. The van der Waals surface area contributed by atoms with Gasteiger partial charge in [-0.3, -0.25) is 14.4 Å². The van der Waals surface area contributed by atoms with Gasteiger partial charge in [-0.2, -0.15) is 0 Å². The molecule has 0 radical (unpaired) electrons. The van der Waals surface area contributed by atoms with Gasteiger partial charge in [0.25, 0.3) is 12.0 Å². The average Bonchev–Trinajstić information content (AvgIpc) is 2.68. The first-order chi connectivity index (χ1) is 13.0. The molecule has 1 aromatic rings. The third-order valence-corrected chi connectivity index (χ3v) is 4.29. The van der Waals surface area contributed by atoms with Crippen molar-refractivity contribution in [2.75, 3.05) is 26.2 Å². The van der Waals surface area contributed by atoms with Crippen LogP contribution in [0.25, 0.3) is 0 Å². The lowest BCUT2D eigenvalue weighted by atomic mass is 9.96. The van der Waals surface area contributed by atoms with Crippen LogP contribution >= 0.6 is 0 Å². The maximum atomic E-state index is 12.5. The molecule has 0 saturated carbocycles. The van der Waals surface area contributed by atoms with Crippen molar-refractivity contribution in [1.29, 1.82) is 0 Å². The molecule has 1 atom stereocenters. The quantitative estimate of drug-likeness (QED) is 0.626. The Morgan fingerprint density at radius 2 is 2.11 bits per heavy atom. The summed E-state index contributed by atoms with van der Waals surface area (Å²) in [6.07, 6.45) is 2.94. The number of hydrogen-bond donors (Lipinski definition) is 3. The zero-order valence-corrected chi connectivity index (χ0v) is 15.7. The van der Waals surface area contributed by atoms with Crippen molar-refractivity contribution in [3.63, 3.8) is 0 Å². The van der Waals surface area contributed by atoms with Crippen molar-refractivity contribution < 1.29 is 19.5 Å². The number of nitrogens with one attached hydrogen (secondary N) is 2. The highest BCUT2D eigenvalue weighted by Gasteiger charge is 2.30. The fourth-order valence-electron chi connectivity index (χ4n) is 2.94. The zero-order chi connectivity index (χ0) is 20.2. The number of aromatic nitrogens is 2. The SMILES string of the molecule is CCN(CC)C(=O)C1CCCN(C(=O)NCc2cc(=O)[nH]cn2)C1.O=CO. The van der Waals surface area contributed by atoms with E-state index >= 15 is 0 Å². The molecule has 10 heteroatoms. The Bertz CT molecular complexity index is 674. The topological polar surface area (TPSA) is 136 Å². The Morgan fingerprint density at radius 1 is 1.44 bits per heavy atom. The second-order valence-corrected chi connectivity index (χ2v) is 5.96. The molecule has 10 nitrogen and oxygen atoms in total. The lowest BCUT2D eigenvalue weighted by Crippen LogP contribution is -2.49. The monoisotopic (exact) mass is 381 g/mol. The highest BCUT2D eigenvalue weighted by molar-refractivity contribution is 5.81. The summed E-state index contributed by atoms with van der Waals surface area (Å²) >= 11 is 0. The minimum atomic E-state index is -0.253. The number of aromatic amines is 1. The Labute approximate surface area is 157 Å². The van der Waals surface area contributed by atoms with Gasteiger partial charge in [-0.25, -0.2) is 9.78 Å². The van der Waals surface area contributed by atoms with Crippen LogP contribution in [0.3, 0.4) is 0 Å². The number of rotatable bonds is 5. The lowest BCUT2D eigenvalue weighted by Gasteiger charge is -2.34. The van der Waals surface area contributed by atoms with E-state index in [1.165, 1.54) is 12.4 Å². The maximum Gasteiger partial charge on any atom is 0.317 e. The van der Waals surface area contributed by atoms with E-state index in [1.807, 2.05) is 18.7 Å². The van der Waals surface area contributed by atoms with Gasteiger partial charge < -0.3 is 25.2 Å². The number of H-pyrrole nitrogens is 1. The van der Waals surface area contributed by atoms with E-state index in [4.69, 9.17) is 9.90 Å². The van der Waals surface area contributed by atoms with Crippen LogP contribution in [-0.2, 0) is 16.1 Å². The van der Waals surface area contributed by atoms with E-state index in [1.54, 1.807) is 4.90 Å². The second kappa shape index (κ2) is 11.7. The number of nitrogens with zero attached hydrogens (tertiary/aromatic N) is 3. The van der Waals surface area contributed by atoms with Crippen LogP contribution in [-0.4, -0.2) is 69.5 Å². The molecule has 0 bridgehead atoms. The smallest absolute Gasteiger partial charge is 0.317 e.